The second-order valence-corrected chi connectivity index (χ2v) is 3.16. The van der Waals surface area contributed by atoms with Crippen LogP contribution in [-0.4, -0.2) is 15.0 Å². The van der Waals surface area contributed by atoms with Gasteiger partial charge in [-0.25, -0.2) is 0 Å². The van der Waals surface area contributed by atoms with Gasteiger partial charge in [0.15, 0.2) is 0 Å². The van der Waals surface area contributed by atoms with Crippen LogP contribution in [0.4, 0.5) is 0 Å². The average molecular weight is 183 g/mol. The summed E-state index contributed by atoms with van der Waals surface area (Å²) < 4.78 is 1.86. The van der Waals surface area contributed by atoms with E-state index in [0.717, 1.165) is 18.7 Å². The van der Waals surface area contributed by atoms with Gasteiger partial charge in [-0.2, -0.15) is 0 Å². The topological polar surface area (TPSA) is 30.7 Å². The van der Waals surface area contributed by atoms with Gasteiger partial charge < -0.3 is 0 Å². The minimum Gasteiger partial charge on any atom is -0.253 e. The van der Waals surface area contributed by atoms with Gasteiger partial charge in [0.25, 0.3) is 0 Å². The largest absolute Gasteiger partial charge is 0.253 e. The fourth-order valence-electron chi connectivity index (χ4n) is 1.00. The Morgan fingerprint density at radius 3 is 2.38 bits per heavy atom. The van der Waals surface area contributed by atoms with Gasteiger partial charge >= 0.3 is 0 Å². The molecule has 3 heteroatoms. The van der Waals surface area contributed by atoms with Gasteiger partial charge in [0.1, 0.15) is 0 Å². The van der Waals surface area contributed by atoms with Crippen molar-refractivity contribution >= 4 is 0 Å². The maximum absolute atomic E-state index is 4.04. The van der Waals surface area contributed by atoms with Crippen LogP contribution < -0.4 is 0 Å². The van der Waals surface area contributed by atoms with Crippen LogP contribution in [0.3, 0.4) is 0 Å². The third-order valence-corrected chi connectivity index (χ3v) is 1.53. The molecule has 0 aliphatic carbocycles. The van der Waals surface area contributed by atoms with Crippen molar-refractivity contribution in [1.29, 1.82) is 0 Å². The molecule has 0 saturated heterocycles. The van der Waals surface area contributed by atoms with Gasteiger partial charge in [-0.1, -0.05) is 32.9 Å². The fraction of sp³-hybridized carbons (Fsp3) is 0.800. The normalized spacial score (nSPS) is 9.69. The molecule has 0 radical (unpaired) electrons. The molecule has 76 valence electrons. The maximum Gasteiger partial charge on any atom is 0.0829 e. The molecule has 1 aromatic heterocycles. The van der Waals surface area contributed by atoms with E-state index in [4.69, 9.17) is 0 Å². The zero-order valence-corrected chi connectivity index (χ0v) is 9.41. The third-order valence-electron chi connectivity index (χ3n) is 1.53. The summed E-state index contributed by atoms with van der Waals surface area (Å²) in [6.07, 6.45) is 3.04. The first kappa shape index (κ1) is 12.1. The first-order valence-corrected chi connectivity index (χ1v) is 5.11. The van der Waals surface area contributed by atoms with E-state index in [0.29, 0.717) is 5.92 Å². The van der Waals surface area contributed by atoms with Crippen LogP contribution in [0.1, 0.15) is 40.3 Å². The molecule has 1 aromatic rings. The zero-order chi connectivity index (χ0) is 10.3. The van der Waals surface area contributed by atoms with Crippen molar-refractivity contribution in [2.75, 3.05) is 0 Å². The molecule has 0 bridgehead atoms. The van der Waals surface area contributed by atoms with Crippen LogP contribution in [0.2, 0.25) is 0 Å². The van der Waals surface area contributed by atoms with Gasteiger partial charge in [-0.15, -0.1) is 5.10 Å². The highest BCUT2D eigenvalue weighted by atomic mass is 15.4. The van der Waals surface area contributed by atoms with E-state index in [-0.39, 0.29) is 0 Å². The monoisotopic (exact) mass is 183 g/mol. The summed E-state index contributed by atoms with van der Waals surface area (Å²) >= 11 is 0. The summed E-state index contributed by atoms with van der Waals surface area (Å²) in [5.74, 6) is 0.664. The highest BCUT2D eigenvalue weighted by Gasteiger charge is 2.01. The van der Waals surface area contributed by atoms with Crippen molar-refractivity contribution < 1.29 is 0 Å². The van der Waals surface area contributed by atoms with E-state index in [2.05, 4.69) is 31.1 Å². The van der Waals surface area contributed by atoms with Crippen LogP contribution in [-0.2, 0) is 13.0 Å². The van der Waals surface area contributed by atoms with Crippen LogP contribution in [0.15, 0.2) is 6.20 Å². The molecular weight excluding hydrogens is 162 g/mol. The molecule has 0 aliphatic rings. The minimum atomic E-state index is 0.664. The SMILES string of the molecule is CC.CCn1cc(CC(C)C)nn1. The fourth-order valence-corrected chi connectivity index (χ4v) is 1.00. The highest BCUT2D eigenvalue weighted by molar-refractivity contribution is 4.92. The summed E-state index contributed by atoms with van der Waals surface area (Å²) in [7, 11) is 0. The molecule has 0 spiro atoms. The Bertz CT molecular complexity index is 216. The second-order valence-electron chi connectivity index (χ2n) is 3.16. The maximum atomic E-state index is 4.04. The number of hydrogen-bond acceptors (Lipinski definition) is 2. The molecule has 0 atom stereocenters. The molecule has 0 aromatic carbocycles. The number of nitrogens with zero attached hydrogens (tertiary/aromatic N) is 3. The Hall–Kier alpha value is -0.860. The van der Waals surface area contributed by atoms with Crippen molar-refractivity contribution in [2.45, 2.75) is 47.6 Å². The summed E-state index contributed by atoms with van der Waals surface area (Å²) in [5.41, 5.74) is 1.10. The summed E-state index contributed by atoms with van der Waals surface area (Å²) in [6, 6.07) is 0. The molecule has 0 N–H and O–H groups in total. The van der Waals surface area contributed by atoms with Crippen molar-refractivity contribution in [3.05, 3.63) is 11.9 Å². The van der Waals surface area contributed by atoms with E-state index in [1.54, 1.807) is 0 Å². The van der Waals surface area contributed by atoms with Gasteiger partial charge in [0.05, 0.1) is 5.69 Å². The molecule has 0 amide bonds. The average Bonchev–Trinajstić information content (AvgIpc) is 2.55. The number of aryl methyl sites for hydroxylation is 1. The van der Waals surface area contributed by atoms with Gasteiger partial charge in [0, 0.05) is 12.7 Å². The van der Waals surface area contributed by atoms with Crippen molar-refractivity contribution in [3.8, 4) is 0 Å². The Balaban J connectivity index is 0.000000671. The molecule has 0 aliphatic heterocycles. The first-order valence-electron chi connectivity index (χ1n) is 5.11. The summed E-state index contributed by atoms with van der Waals surface area (Å²) in [5, 5.41) is 7.99. The van der Waals surface area contributed by atoms with E-state index in [1.165, 1.54) is 0 Å². The Morgan fingerprint density at radius 2 is 2.00 bits per heavy atom. The van der Waals surface area contributed by atoms with Crippen LogP contribution >= 0.6 is 0 Å². The third kappa shape index (κ3) is 4.65. The number of hydrogen-bond donors (Lipinski definition) is 0. The molecule has 0 fully saturated rings. The number of aromatic nitrogens is 3. The molecular formula is C10H21N3. The van der Waals surface area contributed by atoms with Gasteiger partial charge in [-0.3, -0.25) is 4.68 Å². The van der Waals surface area contributed by atoms with Crippen LogP contribution in [0.25, 0.3) is 0 Å². The van der Waals surface area contributed by atoms with Gasteiger partial charge in [0.2, 0.25) is 0 Å². The Labute approximate surface area is 81.2 Å². The molecule has 1 rings (SSSR count). The minimum absolute atomic E-state index is 0.664. The molecule has 3 nitrogen and oxygen atoms in total. The number of rotatable bonds is 3. The second kappa shape index (κ2) is 6.63. The molecule has 1 heterocycles. The van der Waals surface area contributed by atoms with E-state index < -0.39 is 0 Å². The van der Waals surface area contributed by atoms with E-state index in [1.807, 2.05) is 24.7 Å². The predicted octanol–water partition coefficient (Wildman–Crippen LogP) is 2.52. The van der Waals surface area contributed by atoms with Crippen molar-refractivity contribution in [2.24, 2.45) is 5.92 Å². The quantitative estimate of drug-likeness (QED) is 0.721. The molecule has 13 heavy (non-hydrogen) atoms. The van der Waals surface area contributed by atoms with Gasteiger partial charge in [-0.05, 0) is 19.3 Å². The Morgan fingerprint density at radius 1 is 1.38 bits per heavy atom. The first-order chi connectivity index (χ1) is 6.22. The van der Waals surface area contributed by atoms with Crippen molar-refractivity contribution in [1.82, 2.24) is 15.0 Å². The lowest BCUT2D eigenvalue weighted by Gasteiger charge is -1.97. The van der Waals surface area contributed by atoms with Crippen LogP contribution in [0.5, 0.6) is 0 Å². The van der Waals surface area contributed by atoms with Crippen LogP contribution in [0, 0.1) is 5.92 Å². The lowest BCUT2D eigenvalue weighted by Crippen LogP contribution is -1.94. The predicted molar refractivity (Wildman–Crippen MR) is 55.6 cm³/mol. The lowest BCUT2D eigenvalue weighted by molar-refractivity contribution is 0.622. The van der Waals surface area contributed by atoms with Crippen molar-refractivity contribution in [3.63, 3.8) is 0 Å². The molecule has 0 unspecified atom stereocenters. The summed E-state index contributed by atoms with van der Waals surface area (Å²) in [6.45, 7) is 11.3. The van der Waals surface area contributed by atoms with E-state index >= 15 is 0 Å². The standard InChI is InChI=1S/C8H15N3.C2H6/c1-4-11-6-8(9-10-11)5-7(2)3;1-2/h6-7H,4-5H2,1-3H3;1-2H3. The highest BCUT2D eigenvalue weighted by Crippen LogP contribution is 2.02. The zero-order valence-electron chi connectivity index (χ0n) is 9.41. The lowest BCUT2D eigenvalue weighted by atomic mass is 10.1. The summed E-state index contributed by atoms with van der Waals surface area (Å²) in [4.78, 5) is 0. The van der Waals surface area contributed by atoms with E-state index in [9.17, 15) is 0 Å². The molecule has 0 saturated carbocycles. The smallest absolute Gasteiger partial charge is 0.0829 e. The Kier molecular flexibility index (Phi) is 6.20.